The molecular formula is C10H17BrO2. The molecule has 1 fully saturated rings. The van der Waals surface area contributed by atoms with Gasteiger partial charge in [0, 0.05) is 0 Å². The molecule has 0 N–H and O–H groups in total. The second-order valence-corrected chi connectivity index (χ2v) is 7.22. The van der Waals surface area contributed by atoms with Crippen LogP contribution in [0.2, 0.25) is 0 Å². The van der Waals surface area contributed by atoms with Crippen molar-refractivity contribution >= 4 is 21.9 Å². The highest BCUT2D eigenvalue weighted by Gasteiger charge is 2.51. The highest BCUT2D eigenvalue weighted by atomic mass is 79.9. The van der Waals surface area contributed by atoms with E-state index in [1.54, 1.807) is 0 Å². The molecule has 0 spiro atoms. The van der Waals surface area contributed by atoms with Crippen molar-refractivity contribution in [1.82, 2.24) is 0 Å². The number of rotatable bonds is 3. The molecule has 1 saturated carbocycles. The van der Waals surface area contributed by atoms with Gasteiger partial charge in [-0.05, 0) is 25.7 Å². The molecule has 76 valence electrons. The Hall–Kier alpha value is -0.0500. The van der Waals surface area contributed by atoms with Crippen LogP contribution in [-0.4, -0.2) is 16.9 Å². The van der Waals surface area contributed by atoms with E-state index in [1.807, 2.05) is 13.8 Å². The van der Waals surface area contributed by atoms with E-state index in [2.05, 4.69) is 29.8 Å². The third-order valence-electron chi connectivity index (χ3n) is 2.36. The lowest BCUT2D eigenvalue weighted by atomic mass is 10.1. The molecule has 1 atom stereocenters. The van der Waals surface area contributed by atoms with Gasteiger partial charge in [-0.1, -0.05) is 29.8 Å². The SMILES string of the molecule is CC(C)(Br)COC(=O)[C@H]1CC1(C)C. The Morgan fingerprint density at radius 2 is 2.08 bits per heavy atom. The fourth-order valence-electron chi connectivity index (χ4n) is 1.21. The zero-order chi connectivity index (χ0) is 10.3. The monoisotopic (exact) mass is 248 g/mol. The summed E-state index contributed by atoms with van der Waals surface area (Å²) in [4.78, 5) is 11.4. The summed E-state index contributed by atoms with van der Waals surface area (Å²) in [5.41, 5.74) is 0.174. The van der Waals surface area contributed by atoms with Gasteiger partial charge >= 0.3 is 5.97 Å². The van der Waals surface area contributed by atoms with E-state index in [-0.39, 0.29) is 21.6 Å². The quantitative estimate of drug-likeness (QED) is 0.567. The molecule has 1 aliphatic carbocycles. The first-order chi connectivity index (χ1) is 5.72. The van der Waals surface area contributed by atoms with Crippen LogP contribution >= 0.6 is 15.9 Å². The standard InChI is InChI=1S/C10H17BrO2/c1-9(2)5-7(9)8(12)13-6-10(3,4)11/h7H,5-6H2,1-4H3/t7-/m1/s1. The number of carbonyl (C=O) groups is 1. The second kappa shape index (κ2) is 3.26. The molecule has 0 aromatic heterocycles. The summed E-state index contributed by atoms with van der Waals surface area (Å²) in [5.74, 6) is 0.0832. The van der Waals surface area contributed by atoms with Crippen LogP contribution in [0.25, 0.3) is 0 Å². The minimum Gasteiger partial charge on any atom is -0.464 e. The fraction of sp³-hybridized carbons (Fsp3) is 0.900. The smallest absolute Gasteiger partial charge is 0.309 e. The Bertz CT molecular complexity index is 215. The van der Waals surface area contributed by atoms with Crippen molar-refractivity contribution in [3.8, 4) is 0 Å². The molecule has 0 aromatic carbocycles. The third-order valence-corrected chi connectivity index (χ3v) is 2.58. The second-order valence-electron chi connectivity index (χ2n) is 5.07. The molecule has 0 unspecified atom stereocenters. The zero-order valence-corrected chi connectivity index (χ0v) is 10.3. The van der Waals surface area contributed by atoms with Crippen LogP contribution in [-0.2, 0) is 9.53 Å². The maximum Gasteiger partial charge on any atom is 0.309 e. The minimum atomic E-state index is -0.109. The highest BCUT2D eigenvalue weighted by molar-refractivity contribution is 9.10. The Morgan fingerprint density at radius 3 is 2.38 bits per heavy atom. The zero-order valence-electron chi connectivity index (χ0n) is 8.69. The van der Waals surface area contributed by atoms with E-state index in [4.69, 9.17) is 4.74 Å². The molecule has 0 aliphatic heterocycles. The lowest BCUT2D eigenvalue weighted by Gasteiger charge is -2.16. The number of hydrogen-bond donors (Lipinski definition) is 0. The maximum atomic E-state index is 11.4. The van der Waals surface area contributed by atoms with Gasteiger partial charge in [0.1, 0.15) is 6.61 Å². The van der Waals surface area contributed by atoms with Gasteiger partial charge in [0.15, 0.2) is 0 Å². The molecule has 0 amide bonds. The number of carbonyl (C=O) groups excluding carboxylic acids is 1. The molecule has 0 heterocycles. The minimum absolute atomic E-state index is 0.0440. The van der Waals surface area contributed by atoms with Gasteiger partial charge in [0.25, 0.3) is 0 Å². The van der Waals surface area contributed by atoms with Crippen molar-refractivity contribution in [3.05, 3.63) is 0 Å². The van der Waals surface area contributed by atoms with Crippen molar-refractivity contribution < 1.29 is 9.53 Å². The average Bonchev–Trinajstić information content (AvgIpc) is 2.53. The predicted molar refractivity (Wildman–Crippen MR) is 55.9 cm³/mol. The molecule has 0 saturated heterocycles. The van der Waals surface area contributed by atoms with E-state index in [0.29, 0.717) is 6.61 Å². The van der Waals surface area contributed by atoms with Gasteiger partial charge in [-0.25, -0.2) is 0 Å². The highest BCUT2D eigenvalue weighted by Crippen LogP contribution is 2.52. The van der Waals surface area contributed by atoms with E-state index >= 15 is 0 Å². The summed E-state index contributed by atoms with van der Waals surface area (Å²) in [6, 6.07) is 0. The number of hydrogen-bond acceptors (Lipinski definition) is 2. The van der Waals surface area contributed by atoms with E-state index in [1.165, 1.54) is 0 Å². The molecule has 13 heavy (non-hydrogen) atoms. The van der Waals surface area contributed by atoms with Gasteiger partial charge in [0.05, 0.1) is 10.2 Å². The average molecular weight is 249 g/mol. The Kier molecular flexibility index (Phi) is 2.77. The largest absolute Gasteiger partial charge is 0.464 e. The van der Waals surface area contributed by atoms with E-state index in [9.17, 15) is 4.79 Å². The predicted octanol–water partition coefficient (Wildman–Crippen LogP) is 2.75. The van der Waals surface area contributed by atoms with Crippen molar-refractivity contribution in [1.29, 1.82) is 0 Å². The first-order valence-electron chi connectivity index (χ1n) is 4.58. The third kappa shape index (κ3) is 3.29. The normalized spacial score (nSPS) is 25.5. The van der Waals surface area contributed by atoms with Gasteiger partial charge in [0.2, 0.25) is 0 Å². The van der Waals surface area contributed by atoms with Crippen LogP contribution in [0, 0.1) is 11.3 Å². The van der Waals surface area contributed by atoms with Crippen molar-refractivity contribution in [3.63, 3.8) is 0 Å². The first kappa shape index (κ1) is 11.0. The lowest BCUT2D eigenvalue weighted by Crippen LogP contribution is -2.23. The topological polar surface area (TPSA) is 26.3 Å². The number of ether oxygens (including phenoxy) is 1. The summed E-state index contributed by atoms with van der Waals surface area (Å²) in [6.45, 7) is 8.60. The Labute approximate surface area is 88.2 Å². The Balaban J connectivity index is 2.29. The first-order valence-corrected chi connectivity index (χ1v) is 5.37. The molecule has 1 aliphatic rings. The van der Waals surface area contributed by atoms with E-state index in [0.717, 1.165) is 6.42 Å². The maximum absolute atomic E-state index is 11.4. The summed E-state index contributed by atoms with van der Waals surface area (Å²) >= 11 is 3.43. The van der Waals surface area contributed by atoms with Gasteiger partial charge in [-0.3, -0.25) is 4.79 Å². The summed E-state index contributed by atoms with van der Waals surface area (Å²) in [7, 11) is 0. The molecule has 0 radical (unpaired) electrons. The van der Waals surface area contributed by atoms with E-state index < -0.39 is 0 Å². The van der Waals surface area contributed by atoms with Crippen LogP contribution in [0.3, 0.4) is 0 Å². The van der Waals surface area contributed by atoms with Crippen molar-refractivity contribution in [2.24, 2.45) is 11.3 Å². The summed E-state index contributed by atoms with van der Waals surface area (Å²) in [5, 5.41) is 0. The van der Waals surface area contributed by atoms with Gasteiger partial charge in [-0.15, -0.1) is 0 Å². The van der Waals surface area contributed by atoms with Crippen LogP contribution in [0.1, 0.15) is 34.1 Å². The number of alkyl halides is 1. The summed E-state index contributed by atoms with van der Waals surface area (Å²) < 4.78 is 5.07. The van der Waals surface area contributed by atoms with Crippen molar-refractivity contribution in [2.45, 2.75) is 38.4 Å². The van der Waals surface area contributed by atoms with Crippen LogP contribution in [0.5, 0.6) is 0 Å². The summed E-state index contributed by atoms with van der Waals surface area (Å²) in [6.07, 6.45) is 0.967. The Morgan fingerprint density at radius 1 is 1.62 bits per heavy atom. The fourth-order valence-corrected chi connectivity index (χ4v) is 1.33. The number of esters is 1. The molecule has 0 bridgehead atoms. The van der Waals surface area contributed by atoms with Crippen molar-refractivity contribution in [2.75, 3.05) is 6.61 Å². The van der Waals surface area contributed by atoms with Crippen LogP contribution < -0.4 is 0 Å². The van der Waals surface area contributed by atoms with Crippen LogP contribution in [0.4, 0.5) is 0 Å². The van der Waals surface area contributed by atoms with Gasteiger partial charge < -0.3 is 4.74 Å². The number of halogens is 1. The molecule has 1 rings (SSSR count). The van der Waals surface area contributed by atoms with Gasteiger partial charge in [-0.2, -0.15) is 0 Å². The molecular weight excluding hydrogens is 232 g/mol. The van der Waals surface area contributed by atoms with Crippen LogP contribution in [0.15, 0.2) is 0 Å². The molecule has 2 nitrogen and oxygen atoms in total. The lowest BCUT2D eigenvalue weighted by molar-refractivity contribution is -0.146. The molecule has 3 heteroatoms. The molecule has 0 aromatic rings.